The van der Waals surface area contributed by atoms with Crippen molar-refractivity contribution >= 4 is 24.6 Å². The van der Waals surface area contributed by atoms with Crippen LogP contribution >= 0.6 is 24.6 Å². The molecule has 0 aliphatic carbocycles. The molecule has 2 aromatic carbocycles. The number of hydrogen-bond donors (Lipinski definition) is 3. The van der Waals surface area contributed by atoms with Gasteiger partial charge in [-0.2, -0.15) is 0 Å². The first-order valence-electron chi connectivity index (χ1n) is 9.16. The van der Waals surface area contributed by atoms with Gasteiger partial charge in [-0.3, -0.25) is 0 Å². The lowest BCUT2D eigenvalue weighted by atomic mass is 9.97. The lowest BCUT2D eigenvalue weighted by Crippen LogP contribution is -2.26. The molecule has 1 aliphatic heterocycles. The molecule has 0 saturated carbocycles. The minimum atomic E-state index is 0. The Balaban J connectivity index is 0.00000225. The first-order valence-corrected chi connectivity index (χ1v) is 9.57. The van der Waals surface area contributed by atoms with Gasteiger partial charge in [0.15, 0.2) is 4.77 Å². The second kappa shape index (κ2) is 8.82. The summed E-state index contributed by atoms with van der Waals surface area (Å²) in [6.45, 7) is 1.12. The zero-order valence-electron chi connectivity index (χ0n) is 15.4. The maximum absolute atomic E-state index is 10.5. The molecular weight excluding hydrogens is 394 g/mol. The van der Waals surface area contributed by atoms with Crippen LogP contribution in [0.5, 0.6) is 11.5 Å². The first kappa shape index (κ1) is 20.5. The van der Waals surface area contributed by atoms with Crippen molar-refractivity contribution in [1.82, 2.24) is 9.55 Å². The molecule has 0 amide bonds. The van der Waals surface area contributed by atoms with E-state index >= 15 is 0 Å². The number of aromatic amines is 1. The van der Waals surface area contributed by atoms with Gasteiger partial charge in [0.2, 0.25) is 0 Å². The third-order valence-electron chi connectivity index (χ3n) is 5.04. The summed E-state index contributed by atoms with van der Waals surface area (Å²) in [6, 6.07) is 14.0. The number of nitrogens with two attached hydrogens (primary N) is 1. The van der Waals surface area contributed by atoms with Gasteiger partial charge in [0.1, 0.15) is 18.1 Å². The molecule has 7 heteroatoms. The minimum Gasteiger partial charge on any atom is -0.508 e. The van der Waals surface area contributed by atoms with Crippen molar-refractivity contribution in [1.29, 1.82) is 0 Å². The van der Waals surface area contributed by atoms with Gasteiger partial charge in [0.05, 0.1) is 6.04 Å². The minimum absolute atomic E-state index is 0. The number of H-pyrrole nitrogens is 1. The number of aromatic nitrogens is 2. The molecule has 1 aliphatic rings. The van der Waals surface area contributed by atoms with Gasteiger partial charge in [-0.15, -0.1) is 12.4 Å². The molecular formula is C21H24ClN3O2S. The fraction of sp³-hybridized carbons (Fsp3) is 0.286. The first-order chi connectivity index (χ1) is 13.2. The molecule has 148 valence electrons. The Hall–Kier alpha value is -2.28. The van der Waals surface area contributed by atoms with Crippen molar-refractivity contribution in [2.45, 2.75) is 25.3 Å². The molecule has 0 fully saturated rings. The van der Waals surface area contributed by atoms with E-state index < -0.39 is 0 Å². The van der Waals surface area contributed by atoms with Crippen molar-refractivity contribution in [2.24, 2.45) is 5.73 Å². The van der Waals surface area contributed by atoms with E-state index in [1.165, 1.54) is 0 Å². The number of phenols is 1. The van der Waals surface area contributed by atoms with E-state index in [1.54, 1.807) is 0 Å². The van der Waals surface area contributed by atoms with Crippen LogP contribution in [-0.2, 0) is 19.3 Å². The van der Waals surface area contributed by atoms with Crippen LogP contribution in [0.3, 0.4) is 0 Å². The molecule has 4 rings (SSSR count). The number of hydrogen-bond acceptors (Lipinski definition) is 4. The highest BCUT2D eigenvalue weighted by Crippen LogP contribution is 2.36. The van der Waals surface area contributed by atoms with Crippen molar-refractivity contribution in [3.8, 4) is 11.5 Å². The Bertz CT molecular complexity index is 1000. The highest BCUT2D eigenvalue weighted by atomic mass is 35.5. The summed E-state index contributed by atoms with van der Waals surface area (Å²) in [5.41, 5.74) is 9.84. The molecule has 1 aromatic heterocycles. The van der Waals surface area contributed by atoms with Crippen LogP contribution in [-0.4, -0.2) is 27.8 Å². The number of rotatable bonds is 5. The summed E-state index contributed by atoms with van der Waals surface area (Å²) in [6.07, 6.45) is 4.12. The van der Waals surface area contributed by atoms with Crippen LogP contribution < -0.4 is 10.5 Å². The molecule has 5 nitrogen and oxygen atoms in total. The lowest BCUT2D eigenvalue weighted by molar-refractivity contribution is 0.219. The topological polar surface area (TPSA) is 76.2 Å². The Labute approximate surface area is 175 Å². The molecule has 0 spiro atoms. The summed E-state index contributed by atoms with van der Waals surface area (Å²) in [4.78, 5) is 3.11. The number of nitrogens with one attached hydrogen (secondary N) is 1. The molecule has 4 N–H and O–H groups in total. The van der Waals surface area contributed by atoms with E-state index in [-0.39, 0.29) is 18.4 Å². The maximum Gasteiger partial charge on any atom is 0.177 e. The van der Waals surface area contributed by atoms with Gasteiger partial charge in [0, 0.05) is 36.7 Å². The van der Waals surface area contributed by atoms with E-state index in [1.807, 2.05) is 36.5 Å². The van der Waals surface area contributed by atoms with Gasteiger partial charge in [-0.1, -0.05) is 30.3 Å². The quantitative estimate of drug-likeness (QED) is 0.549. The SMILES string of the molecule is Cl.NCCc1c[nH]c(=S)n1[C@H]1COc2cc(Cc3ccccc3)c(O)cc2C1. The molecule has 1 atom stereocenters. The fourth-order valence-corrected chi connectivity index (χ4v) is 4.05. The molecule has 0 saturated heterocycles. The fourth-order valence-electron chi connectivity index (χ4n) is 3.72. The maximum atomic E-state index is 10.5. The monoisotopic (exact) mass is 417 g/mol. The largest absolute Gasteiger partial charge is 0.508 e. The molecule has 2 heterocycles. The van der Waals surface area contributed by atoms with E-state index in [4.69, 9.17) is 22.7 Å². The molecule has 28 heavy (non-hydrogen) atoms. The van der Waals surface area contributed by atoms with E-state index in [2.05, 4.69) is 21.7 Å². The number of benzene rings is 2. The number of imidazole rings is 1. The third-order valence-corrected chi connectivity index (χ3v) is 5.36. The van der Waals surface area contributed by atoms with E-state index in [0.717, 1.165) is 41.0 Å². The van der Waals surface area contributed by atoms with Crippen molar-refractivity contribution < 1.29 is 9.84 Å². The number of aromatic hydroxyl groups is 1. The second-order valence-corrected chi connectivity index (χ2v) is 7.30. The smallest absolute Gasteiger partial charge is 0.177 e. The van der Waals surface area contributed by atoms with Crippen LogP contribution in [0.15, 0.2) is 48.7 Å². The molecule has 0 bridgehead atoms. The van der Waals surface area contributed by atoms with Crippen molar-refractivity contribution in [3.63, 3.8) is 0 Å². The van der Waals surface area contributed by atoms with Crippen LogP contribution in [0, 0.1) is 4.77 Å². The van der Waals surface area contributed by atoms with Crippen LogP contribution in [0.4, 0.5) is 0 Å². The van der Waals surface area contributed by atoms with Gasteiger partial charge in [-0.05, 0) is 42.0 Å². The Morgan fingerprint density at radius 1 is 1.25 bits per heavy atom. The number of ether oxygens (including phenoxy) is 1. The number of nitrogens with zero attached hydrogens (tertiary/aromatic N) is 1. The lowest BCUT2D eigenvalue weighted by Gasteiger charge is -2.28. The summed E-state index contributed by atoms with van der Waals surface area (Å²) in [5, 5.41) is 10.5. The average molecular weight is 418 g/mol. The Morgan fingerprint density at radius 3 is 2.79 bits per heavy atom. The summed E-state index contributed by atoms with van der Waals surface area (Å²) in [5.74, 6) is 1.15. The van der Waals surface area contributed by atoms with Crippen molar-refractivity contribution in [2.75, 3.05) is 13.2 Å². The predicted octanol–water partition coefficient (Wildman–Crippen LogP) is 3.94. The van der Waals surface area contributed by atoms with Crippen LogP contribution in [0.25, 0.3) is 0 Å². The van der Waals surface area contributed by atoms with Gasteiger partial charge in [-0.25, -0.2) is 0 Å². The third kappa shape index (κ3) is 4.09. The van der Waals surface area contributed by atoms with Crippen LogP contribution in [0.1, 0.15) is 28.4 Å². The number of halogens is 1. The van der Waals surface area contributed by atoms with E-state index in [9.17, 15) is 5.11 Å². The Kier molecular flexibility index (Phi) is 6.44. The second-order valence-electron chi connectivity index (χ2n) is 6.91. The zero-order valence-corrected chi connectivity index (χ0v) is 17.1. The van der Waals surface area contributed by atoms with Crippen LogP contribution in [0.2, 0.25) is 0 Å². The molecule has 0 radical (unpaired) electrons. The summed E-state index contributed by atoms with van der Waals surface area (Å²) >= 11 is 5.45. The van der Waals surface area contributed by atoms with Crippen molar-refractivity contribution in [3.05, 3.63) is 75.8 Å². The predicted molar refractivity (Wildman–Crippen MR) is 115 cm³/mol. The normalized spacial score (nSPS) is 15.4. The average Bonchev–Trinajstić information content (AvgIpc) is 3.03. The number of phenolic OH excluding ortho intramolecular Hbond substituents is 1. The van der Waals surface area contributed by atoms with Gasteiger partial charge >= 0.3 is 0 Å². The van der Waals surface area contributed by atoms with E-state index in [0.29, 0.717) is 30.1 Å². The number of fused-ring (bicyclic) bond motifs is 1. The van der Waals surface area contributed by atoms with Gasteiger partial charge in [0.25, 0.3) is 0 Å². The van der Waals surface area contributed by atoms with Gasteiger partial charge < -0.3 is 25.1 Å². The molecule has 0 unspecified atom stereocenters. The highest BCUT2D eigenvalue weighted by Gasteiger charge is 2.25. The highest BCUT2D eigenvalue weighted by molar-refractivity contribution is 7.71. The summed E-state index contributed by atoms with van der Waals surface area (Å²) in [7, 11) is 0. The summed E-state index contributed by atoms with van der Waals surface area (Å²) < 4.78 is 8.84. The Morgan fingerprint density at radius 2 is 2.04 bits per heavy atom. The molecule has 3 aromatic rings. The zero-order chi connectivity index (χ0) is 18.8. The standard InChI is InChI=1S/C21H23N3O2S.ClH/c22-7-6-17-12-23-21(27)24(17)18-9-16-10-19(25)15(11-20(16)26-13-18)8-14-4-2-1-3-5-14;/h1-5,10-12,18,25H,6-9,13,22H2,(H,23,27);1H/t18-;/m1./s1.